The molecule has 3 aromatic rings. The molecular weight excluding hydrogens is 392 g/mol. The van der Waals surface area contributed by atoms with E-state index in [1.165, 1.54) is 4.90 Å². The third kappa shape index (κ3) is 5.42. The molecular formula is C24H30N4O3. The fourth-order valence-corrected chi connectivity index (χ4v) is 3.22. The number of hydrogen-bond donors (Lipinski definition) is 1. The molecule has 164 valence electrons. The molecule has 0 aliphatic heterocycles. The summed E-state index contributed by atoms with van der Waals surface area (Å²) in [5.41, 5.74) is 2.62. The van der Waals surface area contributed by atoms with E-state index in [-0.39, 0.29) is 30.3 Å². The zero-order valence-corrected chi connectivity index (χ0v) is 18.8. The lowest BCUT2D eigenvalue weighted by molar-refractivity contribution is -0.135. The molecule has 0 aliphatic rings. The molecule has 1 N–H and O–H groups in total. The SMILES string of the molecule is CCC(=O)N(CC(=O)Nc1cc(C(C)(C)C)nn1-c1ccccc1C)Cc1ccco1. The fraction of sp³-hybridized carbons (Fsp3) is 0.375. The van der Waals surface area contributed by atoms with Crippen molar-refractivity contribution in [2.75, 3.05) is 11.9 Å². The lowest BCUT2D eigenvalue weighted by atomic mass is 9.92. The van der Waals surface area contributed by atoms with Crippen molar-refractivity contribution in [1.82, 2.24) is 14.7 Å². The Hall–Kier alpha value is -3.35. The van der Waals surface area contributed by atoms with Gasteiger partial charge in [-0.3, -0.25) is 9.59 Å². The Balaban J connectivity index is 1.86. The van der Waals surface area contributed by atoms with E-state index in [9.17, 15) is 9.59 Å². The molecule has 1 aromatic carbocycles. The minimum absolute atomic E-state index is 0.0722. The number of furan rings is 1. The maximum Gasteiger partial charge on any atom is 0.245 e. The number of anilines is 1. The van der Waals surface area contributed by atoms with Gasteiger partial charge in [-0.05, 0) is 30.7 Å². The molecule has 0 saturated heterocycles. The molecule has 0 fully saturated rings. The molecule has 0 atom stereocenters. The summed E-state index contributed by atoms with van der Waals surface area (Å²) in [6.45, 7) is 10.2. The van der Waals surface area contributed by atoms with Crippen LogP contribution in [0, 0.1) is 6.92 Å². The number of rotatable bonds is 7. The van der Waals surface area contributed by atoms with Crippen LogP contribution in [-0.4, -0.2) is 33.0 Å². The molecule has 7 heteroatoms. The van der Waals surface area contributed by atoms with Crippen LogP contribution < -0.4 is 5.32 Å². The normalized spacial score (nSPS) is 11.4. The number of nitrogens with zero attached hydrogens (tertiary/aromatic N) is 3. The number of carbonyl (C=O) groups excluding carboxylic acids is 2. The molecule has 0 saturated carbocycles. The predicted molar refractivity (Wildman–Crippen MR) is 120 cm³/mol. The zero-order valence-electron chi connectivity index (χ0n) is 18.8. The van der Waals surface area contributed by atoms with Crippen molar-refractivity contribution in [3.8, 4) is 5.69 Å². The monoisotopic (exact) mass is 422 g/mol. The Bertz CT molecular complexity index is 1050. The zero-order chi connectivity index (χ0) is 22.6. The smallest absolute Gasteiger partial charge is 0.245 e. The van der Waals surface area contributed by atoms with Gasteiger partial charge in [-0.2, -0.15) is 5.10 Å². The van der Waals surface area contributed by atoms with Crippen molar-refractivity contribution < 1.29 is 14.0 Å². The van der Waals surface area contributed by atoms with Crippen LogP contribution in [0.15, 0.2) is 53.1 Å². The highest BCUT2D eigenvalue weighted by Crippen LogP contribution is 2.27. The molecule has 0 bridgehead atoms. The maximum atomic E-state index is 12.9. The number of aromatic nitrogens is 2. The molecule has 31 heavy (non-hydrogen) atoms. The van der Waals surface area contributed by atoms with Crippen LogP contribution in [-0.2, 0) is 21.5 Å². The minimum Gasteiger partial charge on any atom is -0.467 e. The van der Waals surface area contributed by atoms with Crippen LogP contribution in [0.1, 0.15) is 51.1 Å². The van der Waals surface area contributed by atoms with Crippen molar-refractivity contribution in [3.05, 3.63) is 65.7 Å². The van der Waals surface area contributed by atoms with Crippen LogP contribution in [0.4, 0.5) is 5.82 Å². The summed E-state index contributed by atoms with van der Waals surface area (Å²) in [6.07, 6.45) is 1.86. The van der Waals surface area contributed by atoms with Gasteiger partial charge in [0, 0.05) is 17.9 Å². The Labute approximate surface area is 183 Å². The average molecular weight is 423 g/mol. The lowest BCUT2D eigenvalue weighted by Crippen LogP contribution is -2.37. The molecule has 0 aliphatic carbocycles. The summed E-state index contributed by atoms with van der Waals surface area (Å²) < 4.78 is 7.11. The van der Waals surface area contributed by atoms with E-state index in [4.69, 9.17) is 9.52 Å². The number of benzene rings is 1. The van der Waals surface area contributed by atoms with Gasteiger partial charge in [-0.1, -0.05) is 45.9 Å². The topological polar surface area (TPSA) is 80.4 Å². The average Bonchev–Trinajstić information content (AvgIpc) is 3.37. The predicted octanol–water partition coefficient (Wildman–Crippen LogP) is 4.45. The third-order valence-corrected chi connectivity index (χ3v) is 5.01. The van der Waals surface area contributed by atoms with Gasteiger partial charge < -0.3 is 14.6 Å². The van der Waals surface area contributed by atoms with Crippen molar-refractivity contribution in [1.29, 1.82) is 0 Å². The Morgan fingerprint density at radius 3 is 2.52 bits per heavy atom. The van der Waals surface area contributed by atoms with Gasteiger partial charge in [0.1, 0.15) is 18.1 Å². The highest BCUT2D eigenvalue weighted by atomic mass is 16.3. The van der Waals surface area contributed by atoms with Crippen molar-refractivity contribution in [3.63, 3.8) is 0 Å². The summed E-state index contributed by atoms with van der Waals surface area (Å²) in [4.78, 5) is 26.8. The first-order chi connectivity index (χ1) is 14.7. The van der Waals surface area contributed by atoms with Gasteiger partial charge in [0.05, 0.1) is 24.2 Å². The van der Waals surface area contributed by atoms with Crippen LogP contribution in [0.5, 0.6) is 0 Å². The number of aryl methyl sites for hydroxylation is 1. The minimum atomic E-state index is -0.288. The number of amides is 2. The Kier molecular flexibility index (Phi) is 6.63. The van der Waals surface area contributed by atoms with Crippen LogP contribution >= 0.6 is 0 Å². The van der Waals surface area contributed by atoms with E-state index in [1.807, 2.05) is 37.3 Å². The standard InChI is InChI=1S/C24H30N4O3/c1-6-23(30)27(15-18-11-9-13-31-18)16-22(29)25-21-14-20(24(3,4)5)26-28(21)19-12-8-7-10-17(19)2/h7-14H,6,15-16H2,1-5H3,(H,25,29). The first-order valence-electron chi connectivity index (χ1n) is 10.5. The summed E-state index contributed by atoms with van der Waals surface area (Å²) in [5, 5.41) is 7.72. The molecule has 3 rings (SSSR count). The van der Waals surface area contributed by atoms with E-state index < -0.39 is 0 Å². The number of nitrogens with one attached hydrogen (secondary N) is 1. The van der Waals surface area contributed by atoms with Crippen LogP contribution in [0.3, 0.4) is 0 Å². The summed E-state index contributed by atoms with van der Waals surface area (Å²) in [6, 6.07) is 13.3. The molecule has 2 heterocycles. The van der Waals surface area contributed by atoms with E-state index >= 15 is 0 Å². The van der Waals surface area contributed by atoms with E-state index in [0.717, 1.165) is 16.9 Å². The van der Waals surface area contributed by atoms with Gasteiger partial charge in [-0.25, -0.2) is 4.68 Å². The second-order valence-electron chi connectivity index (χ2n) is 8.59. The summed E-state index contributed by atoms with van der Waals surface area (Å²) in [7, 11) is 0. The van der Waals surface area contributed by atoms with Crippen molar-refractivity contribution in [2.24, 2.45) is 0 Å². The van der Waals surface area contributed by atoms with Crippen LogP contribution in [0.25, 0.3) is 5.69 Å². The molecule has 0 unspecified atom stereocenters. The van der Waals surface area contributed by atoms with E-state index in [0.29, 0.717) is 18.0 Å². The van der Waals surface area contributed by atoms with Gasteiger partial charge in [0.25, 0.3) is 0 Å². The number of para-hydroxylation sites is 1. The van der Waals surface area contributed by atoms with Gasteiger partial charge >= 0.3 is 0 Å². The summed E-state index contributed by atoms with van der Waals surface area (Å²) in [5.74, 6) is 0.804. The molecule has 2 aromatic heterocycles. The quantitative estimate of drug-likeness (QED) is 0.610. The fourth-order valence-electron chi connectivity index (χ4n) is 3.22. The van der Waals surface area contributed by atoms with Gasteiger partial charge in [0.15, 0.2) is 0 Å². The highest BCUT2D eigenvalue weighted by molar-refractivity contribution is 5.94. The molecule has 0 spiro atoms. The number of hydrogen-bond acceptors (Lipinski definition) is 4. The van der Waals surface area contributed by atoms with Crippen LogP contribution in [0.2, 0.25) is 0 Å². The molecule has 0 radical (unpaired) electrons. The highest BCUT2D eigenvalue weighted by Gasteiger charge is 2.23. The Morgan fingerprint density at radius 1 is 1.16 bits per heavy atom. The second kappa shape index (κ2) is 9.20. The number of carbonyl (C=O) groups is 2. The molecule has 7 nitrogen and oxygen atoms in total. The Morgan fingerprint density at radius 2 is 1.90 bits per heavy atom. The first kappa shape index (κ1) is 22.3. The third-order valence-electron chi connectivity index (χ3n) is 5.01. The maximum absolute atomic E-state index is 12.9. The van der Waals surface area contributed by atoms with E-state index in [2.05, 4.69) is 26.1 Å². The second-order valence-corrected chi connectivity index (χ2v) is 8.59. The van der Waals surface area contributed by atoms with Crippen molar-refractivity contribution in [2.45, 2.75) is 53.0 Å². The molecule has 2 amide bonds. The lowest BCUT2D eigenvalue weighted by Gasteiger charge is -2.20. The van der Waals surface area contributed by atoms with Gasteiger partial charge in [-0.15, -0.1) is 0 Å². The van der Waals surface area contributed by atoms with Gasteiger partial charge in [0.2, 0.25) is 11.8 Å². The largest absolute Gasteiger partial charge is 0.467 e. The first-order valence-corrected chi connectivity index (χ1v) is 10.5. The van der Waals surface area contributed by atoms with Crippen molar-refractivity contribution >= 4 is 17.6 Å². The summed E-state index contributed by atoms with van der Waals surface area (Å²) >= 11 is 0. The van der Waals surface area contributed by atoms with E-state index in [1.54, 1.807) is 30.0 Å².